The Morgan fingerprint density at radius 1 is 1.39 bits per heavy atom. The topological polar surface area (TPSA) is 105 Å². The predicted molar refractivity (Wildman–Crippen MR) is 115 cm³/mol. The number of H-pyrrole nitrogens is 1. The Labute approximate surface area is 174 Å². The third kappa shape index (κ3) is 4.47. The van der Waals surface area contributed by atoms with Crippen LogP contribution in [0.4, 0.5) is 21.7 Å². The maximum absolute atomic E-state index is 13.5. The molecule has 7 nitrogen and oxygen atoms in total. The molecule has 0 spiro atoms. The third-order valence-corrected chi connectivity index (χ3v) is 4.74. The van der Waals surface area contributed by atoms with E-state index in [1.807, 2.05) is 24.3 Å². The lowest BCUT2D eigenvalue weighted by atomic mass is 10.2. The molecule has 4 N–H and O–H groups in total. The Kier molecular flexibility index (Phi) is 6.24. The van der Waals surface area contributed by atoms with Crippen LogP contribution in [0.5, 0.6) is 5.75 Å². The monoisotopic (exact) mass is 493 g/mol. The van der Waals surface area contributed by atoms with Gasteiger partial charge in [0.25, 0.3) is 5.91 Å². The second-order valence-electron chi connectivity index (χ2n) is 5.76. The number of halogens is 2. The average molecular weight is 493 g/mol. The van der Waals surface area contributed by atoms with Crippen LogP contribution in [0.2, 0.25) is 0 Å². The first-order valence-electron chi connectivity index (χ1n) is 8.19. The molecular formula is C19H17FIN5O2. The van der Waals surface area contributed by atoms with E-state index in [2.05, 4.69) is 43.1 Å². The number of aliphatic imine (C=N–C) groups is 1. The van der Waals surface area contributed by atoms with Crippen molar-refractivity contribution in [1.82, 2.24) is 10.2 Å². The number of methoxy groups -OCH3 is 1. The molecule has 1 heterocycles. The van der Waals surface area contributed by atoms with Crippen LogP contribution in [0.15, 0.2) is 47.5 Å². The lowest BCUT2D eigenvalue weighted by Gasteiger charge is -2.06. The molecule has 28 heavy (non-hydrogen) atoms. The van der Waals surface area contributed by atoms with Gasteiger partial charge in [0.05, 0.1) is 7.11 Å². The van der Waals surface area contributed by atoms with Crippen molar-refractivity contribution in [1.29, 1.82) is 0 Å². The molecule has 0 unspecified atom stereocenters. The van der Waals surface area contributed by atoms with E-state index in [9.17, 15) is 9.18 Å². The van der Waals surface area contributed by atoms with Gasteiger partial charge in [-0.25, -0.2) is 9.38 Å². The highest BCUT2D eigenvalue weighted by Gasteiger charge is 2.18. The van der Waals surface area contributed by atoms with Gasteiger partial charge in [-0.2, -0.15) is 5.10 Å². The molecule has 0 aliphatic carbocycles. The summed E-state index contributed by atoms with van der Waals surface area (Å²) < 4.78 is 19.5. The molecule has 0 bridgehead atoms. The van der Waals surface area contributed by atoms with E-state index in [-0.39, 0.29) is 17.2 Å². The Morgan fingerprint density at radius 2 is 2.21 bits per heavy atom. The van der Waals surface area contributed by atoms with E-state index in [0.29, 0.717) is 11.3 Å². The van der Waals surface area contributed by atoms with Gasteiger partial charge in [0.2, 0.25) is 0 Å². The summed E-state index contributed by atoms with van der Waals surface area (Å²) in [6.07, 6.45) is 1.38. The summed E-state index contributed by atoms with van der Waals surface area (Å²) in [5.41, 5.74) is 7.93. The van der Waals surface area contributed by atoms with Crippen molar-refractivity contribution in [2.75, 3.05) is 12.4 Å². The lowest BCUT2D eigenvalue weighted by Crippen LogP contribution is -2.12. The minimum Gasteiger partial charge on any atom is -0.496 e. The molecule has 0 atom stereocenters. The number of carbonyl (C=O) groups excluding carboxylic acids is 1. The summed E-state index contributed by atoms with van der Waals surface area (Å²) in [5, 5.41) is 9.86. The Morgan fingerprint density at radius 3 is 2.93 bits per heavy atom. The number of primary amides is 1. The Bertz CT molecular complexity index is 1030. The quantitative estimate of drug-likeness (QED) is 0.262. The van der Waals surface area contributed by atoms with Crippen molar-refractivity contribution >= 4 is 52.0 Å². The van der Waals surface area contributed by atoms with Gasteiger partial charge in [-0.3, -0.25) is 9.89 Å². The zero-order valence-corrected chi connectivity index (χ0v) is 17.0. The van der Waals surface area contributed by atoms with Gasteiger partial charge >= 0.3 is 0 Å². The molecule has 0 aliphatic rings. The minimum atomic E-state index is -0.695. The fourth-order valence-corrected chi connectivity index (χ4v) is 3.03. The van der Waals surface area contributed by atoms with E-state index >= 15 is 0 Å². The molecular weight excluding hydrogens is 476 g/mol. The van der Waals surface area contributed by atoms with Crippen LogP contribution >= 0.6 is 22.6 Å². The number of carbonyl (C=O) groups is 1. The summed E-state index contributed by atoms with van der Waals surface area (Å²) in [6, 6.07) is 11.8. The van der Waals surface area contributed by atoms with Crippen LogP contribution in [-0.2, 0) is 4.43 Å². The number of rotatable bonds is 7. The van der Waals surface area contributed by atoms with Crippen LogP contribution in [0.3, 0.4) is 0 Å². The van der Waals surface area contributed by atoms with Crippen molar-refractivity contribution in [2.24, 2.45) is 10.7 Å². The Hall–Kier alpha value is -2.95. The van der Waals surface area contributed by atoms with Crippen molar-refractivity contribution in [3.8, 4) is 5.75 Å². The first-order chi connectivity index (χ1) is 13.5. The van der Waals surface area contributed by atoms with E-state index in [4.69, 9.17) is 10.5 Å². The number of nitrogens with zero attached hydrogens (tertiary/aromatic N) is 2. The highest BCUT2D eigenvalue weighted by atomic mass is 127. The van der Waals surface area contributed by atoms with E-state index in [1.165, 1.54) is 31.5 Å². The lowest BCUT2D eigenvalue weighted by molar-refractivity contribution is 0.100. The summed E-state index contributed by atoms with van der Waals surface area (Å²) in [4.78, 5) is 16.2. The van der Waals surface area contributed by atoms with Crippen molar-refractivity contribution in [2.45, 2.75) is 4.43 Å². The maximum Gasteiger partial charge on any atom is 0.256 e. The number of nitrogens with two attached hydrogens (primary N) is 1. The van der Waals surface area contributed by atoms with Crippen LogP contribution in [0.25, 0.3) is 0 Å². The van der Waals surface area contributed by atoms with Gasteiger partial charge in [-0.15, -0.1) is 0 Å². The molecule has 0 saturated carbocycles. The first kappa shape index (κ1) is 19.8. The number of aromatic nitrogens is 2. The normalized spacial score (nSPS) is 11.0. The fourth-order valence-electron chi connectivity index (χ4n) is 2.56. The smallest absolute Gasteiger partial charge is 0.256 e. The largest absolute Gasteiger partial charge is 0.496 e. The molecule has 9 heteroatoms. The minimum absolute atomic E-state index is 0.103. The second kappa shape index (κ2) is 8.83. The van der Waals surface area contributed by atoms with Crippen molar-refractivity contribution < 1.29 is 13.9 Å². The van der Waals surface area contributed by atoms with Gasteiger partial charge in [-0.05, 0) is 35.9 Å². The van der Waals surface area contributed by atoms with Crippen molar-refractivity contribution in [3.63, 3.8) is 0 Å². The standard InChI is InChI=1S/C19H17FIN5O2/c1-28-15-6-5-13(20)8-12(15)10-23-18-16(17(22)27)19(26-25-18)24-14-4-2-3-11(7-14)9-21/h2-8,10H,9H2,1H3,(H2,22,27)(H2,24,25,26)/b23-10+. The molecule has 0 aliphatic heterocycles. The SMILES string of the molecule is COc1ccc(F)cc1/C=N/c1[nH]nc(Nc2cccc(CI)c2)c1C(N)=O. The summed E-state index contributed by atoms with van der Waals surface area (Å²) in [7, 11) is 1.47. The number of hydrogen-bond donors (Lipinski definition) is 3. The Balaban J connectivity index is 1.93. The summed E-state index contributed by atoms with van der Waals surface area (Å²) in [5.74, 6) is -0.263. The summed E-state index contributed by atoms with van der Waals surface area (Å²) in [6.45, 7) is 0. The van der Waals surface area contributed by atoms with Crippen LogP contribution in [0, 0.1) is 5.82 Å². The van der Waals surface area contributed by atoms with E-state index in [0.717, 1.165) is 15.7 Å². The van der Waals surface area contributed by atoms with Gasteiger partial charge in [0.1, 0.15) is 17.1 Å². The van der Waals surface area contributed by atoms with E-state index < -0.39 is 11.7 Å². The maximum atomic E-state index is 13.5. The van der Waals surface area contributed by atoms with Crippen LogP contribution in [0.1, 0.15) is 21.5 Å². The second-order valence-corrected chi connectivity index (χ2v) is 6.53. The zero-order chi connectivity index (χ0) is 20.1. The molecule has 1 amide bonds. The number of ether oxygens (including phenoxy) is 1. The molecule has 0 radical (unpaired) electrons. The molecule has 3 aromatic rings. The number of alkyl halides is 1. The molecule has 1 aromatic heterocycles. The van der Waals surface area contributed by atoms with Gasteiger partial charge in [0.15, 0.2) is 11.6 Å². The number of nitrogens with one attached hydrogen (secondary N) is 2. The molecule has 2 aromatic carbocycles. The van der Waals surface area contributed by atoms with Gasteiger partial charge < -0.3 is 15.8 Å². The molecule has 0 saturated heterocycles. The fraction of sp³-hybridized carbons (Fsp3) is 0.105. The number of aromatic amines is 1. The van der Waals surface area contributed by atoms with Crippen molar-refractivity contribution in [3.05, 3.63) is 65.0 Å². The van der Waals surface area contributed by atoms with Gasteiger partial charge in [-0.1, -0.05) is 34.7 Å². The highest BCUT2D eigenvalue weighted by Crippen LogP contribution is 2.27. The zero-order valence-electron chi connectivity index (χ0n) is 14.9. The molecule has 0 fully saturated rings. The van der Waals surface area contributed by atoms with E-state index in [1.54, 1.807) is 0 Å². The number of amides is 1. The average Bonchev–Trinajstić information content (AvgIpc) is 3.09. The first-order valence-corrected chi connectivity index (χ1v) is 9.72. The predicted octanol–water partition coefficient (Wildman–Crippen LogP) is 4.09. The highest BCUT2D eigenvalue weighted by molar-refractivity contribution is 14.1. The number of hydrogen-bond acceptors (Lipinski definition) is 5. The molecule has 3 rings (SSSR count). The number of benzene rings is 2. The summed E-state index contributed by atoms with van der Waals surface area (Å²) >= 11 is 2.27. The van der Waals surface area contributed by atoms with Gasteiger partial charge in [0, 0.05) is 21.9 Å². The number of anilines is 2. The van der Waals surface area contributed by atoms with Crippen LogP contribution < -0.4 is 15.8 Å². The van der Waals surface area contributed by atoms with Crippen LogP contribution in [-0.4, -0.2) is 29.4 Å². The third-order valence-electron chi connectivity index (χ3n) is 3.86. The molecule has 144 valence electrons.